The molecule has 41 heteroatoms. The monoisotopic (exact) mass is 1400 g/mol. The number of amides is 2. The quantitative estimate of drug-likeness (QED) is 0.00616. The van der Waals surface area contributed by atoms with Gasteiger partial charge in [0.25, 0.3) is 0 Å². The first-order valence-electron chi connectivity index (χ1n) is 24.9. The first-order valence-corrected chi connectivity index (χ1v) is 38.3. The van der Waals surface area contributed by atoms with Crippen LogP contribution >= 0.6 is 57.6 Å². The molecule has 4 aromatic rings. The van der Waals surface area contributed by atoms with Crippen LogP contribution in [0.2, 0.25) is 0 Å². The van der Waals surface area contributed by atoms with E-state index in [1.807, 2.05) is 0 Å². The van der Waals surface area contributed by atoms with Crippen LogP contribution in [0.15, 0.2) is 92.2 Å². The second-order valence-electron chi connectivity index (χ2n) is 15.3. The number of ether oxygens (including phenoxy) is 5. The largest absolute Gasteiger partial charge is 0.486 e. The van der Waals surface area contributed by atoms with Gasteiger partial charge in [0.05, 0.1) is 53.6 Å². The highest BCUT2D eigenvalue weighted by Gasteiger charge is 2.34. The topological polar surface area (TPSA) is 404 Å². The molecular formula is C47H74F2N11O20P7S. The van der Waals surface area contributed by atoms with Gasteiger partial charge in [0.1, 0.15) is 19.8 Å². The highest BCUT2D eigenvalue weighted by Crippen LogP contribution is 2.92. The standard InChI is InChI=1S/C20H22FN5O6.C18H20FN5O6S.C6H15N.C3H6O.H2O7.H9P7/c1-4-9-31-15-11-13(7-8-14(15)21)12-25(20(27)30-6-3)18-16(26(28)29)17(22)23-19(24-18)32-10-5-2;1-4-8-30-13-9-11(6-7-12(13)19)10-23(18(25)29-5-2)16-14(24(26)27)15(20)21-17(22-16)31(3)28;1-4-7(5-2)6-3;1-2-3-4;1-3-5-7-6-4-2;1-5-7(4)6(2)3/h4-5,7-8,11H,1-2,6,9-10,12H2,3H3,(H2,22,23,24);4,6-7,9H,1,5,8,10H2,2-3H3,(H2,20,21,22);4-6H2,1-3H3;2,4H,1,3H2;1-2H;5H,1-4H2. The number of hydrogen-bond donors (Lipinski definition) is 5. The number of rotatable bonds is 30. The average molecular weight is 1400 g/mol. The molecule has 2 aromatic carbocycles. The first-order chi connectivity index (χ1) is 41.9. The van der Waals surface area contributed by atoms with Crippen molar-refractivity contribution in [1.29, 1.82) is 0 Å². The minimum Gasteiger partial charge on any atom is -0.486 e. The fourth-order valence-corrected chi connectivity index (χ4v) is 22.3. The lowest BCUT2D eigenvalue weighted by molar-refractivity contribution is -0.784. The number of aromatic nitrogens is 4. The van der Waals surface area contributed by atoms with Gasteiger partial charge in [0.2, 0.25) is 28.4 Å². The van der Waals surface area contributed by atoms with Gasteiger partial charge in [-0.2, -0.15) is 19.9 Å². The van der Waals surface area contributed by atoms with Crippen molar-refractivity contribution in [3.8, 4) is 17.5 Å². The Bertz CT molecular complexity index is 2810. The van der Waals surface area contributed by atoms with Gasteiger partial charge in [-0.3, -0.25) is 34.2 Å². The summed E-state index contributed by atoms with van der Waals surface area (Å²) in [4.78, 5) is 66.3. The van der Waals surface area contributed by atoms with Gasteiger partial charge in [-0.05, 0) is 108 Å². The van der Waals surface area contributed by atoms with Crippen molar-refractivity contribution in [3.63, 3.8) is 0 Å². The molecular weight excluding hydrogens is 1330 g/mol. The smallest absolute Gasteiger partial charge is 0.415 e. The Hall–Kier alpha value is -5.44. The number of carbonyl (C=O) groups excluding carboxylic acids is 2. The van der Waals surface area contributed by atoms with Crippen molar-refractivity contribution in [3.05, 3.63) is 130 Å². The summed E-state index contributed by atoms with van der Waals surface area (Å²) in [6.07, 6.45) is 5.04. The molecule has 0 spiro atoms. The molecule has 0 saturated carbocycles. The van der Waals surface area contributed by atoms with Crippen LogP contribution in [0, 0.1) is 31.9 Å². The molecule has 2 heterocycles. The minimum absolute atomic E-state index is 0.00192. The molecule has 7 atom stereocenters. The van der Waals surface area contributed by atoms with Gasteiger partial charge in [-0.1, -0.05) is 84.9 Å². The van der Waals surface area contributed by atoms with E-state index in [9.17, 15) is 42.8 Å². The molecule has 88 heavy (non-hydrogen) atoms. The van der Waals surface area contributed by atoms with Crippen LogP contribution in [0.25, 0.3) is 0 Å². The van der Waals surface area contributed by atoms with Gasteiger partial charge in [0.15, 0.2) is 23.1 Å². The zero-order valence-electron chi connectivity index (χ0n) is 48.7. The van der Waals surface area contributed by atoms with E-state index in [2.05, 4.69) is 133 Å². The minimum atomic E-state index is -1.74. The van der Waals surface area contributed by atoms with Crippen LogP contribution in [-0.2, 0) is 58.6 Å². The fourth-order valence-electron chi connectivity index (χ4n) is 5.74. The molecule has 2 amide bonds. The Kier molecular flexibility index (Phi) is 48.4. The van der Waals surface area contributed by atoms with Gasteiger partial charge in [-0.15, -0.1) is 42.3 Å². The summed E-state index contributed by atoms with van der Waals surface area (Å²) in [6, 6.07) is 7.36. The number of aliphatic hydroxyl groups is 1. The normalized spacial score (nSPS) is 10.9. The van der Waals surface area contributed by atoms with E-state index >= 15 is 0 Å². The van der Waals surface area contributed by atoms with Crippen LogP contribution < -0.4 is 35.5 Å². The van der Waals surface area contributed by atoms with Gasteiger partial charge in [-0.25, -0.2) is 28.9 Å². The maximum absolute atomic E-state index is 14.0. The molecule has 492 valence electrons. The van der Waals surface area contributed by atoms with E-state index in [1.54, 1.807) is 13.8 Å². The SMILES string of the molecule is C=CCO.C=CCOc1cc(CN(C(=O)OCC)c2nc(S(C)=O)nc(N)c2[N+](=O)[O-])ccc1F.C=CCOc1nc(N)c([N+](=O)[O-])c(N(Cc2ccc(F)c(OCC=C)c2)C(=O)OCC)n1.CCN(CC)CC.OOOOOOO.PPP(P)P(P)P. The number of nitrogens with zero attached hydrogens (tertiary/aromatic N) is 9. The Morgan fingerprint density at radius 2 is 1.10 bits per heavy atom. The number of aliphatic hydroxyl groups excluding tert-OH is 1. The van der Waals surface area contributed by atoms with Crippen molar-refractivity contribution in [2.24, 2.45) is 0 Å². The first kappa shape index (κ1) is 84.6. The Morgan fingerprint density at radius 3 is 1.41 bits per heavy atom. The highest BCUT2D eigenvalue weighted by molar-refractivity contribution is 8.98. The van der Waals surface area contributed by atoms with Crippen LogP contribution in [0.4, 0.5) is 53.0 Å². The molecule has 0 bridgehead atoms. The van der Waals surface area contributed by atoms with Gasteiger partial charge < -0.3 is 45.2 Å². The third kappa shape index (κ3) is 33.4. The average Bonchev–Trinajstić information content (AvgIpc) is 3.29. The summed E-state index contributed by atoms with van der Waals surface area (Å²) < 4.78 is 65.6. The van der Waals surface area contributed by atoms with E-state index in [0.717, 1.165) is 29.9 Å². The summed E-state index contributed by atoms with van der Waals surface area (Å²) in [6.45, 7) is 26.9. The lowest BCUT2D eigenvalue weighted by atomic mass is 10.2. The lowest BCUT2D eigenvalue weighted by Gasteiger charge is -2.22. The van der Waals surface area contributed by atoms with E-state index in [-0.39, 0.29) is 89.4 Å². The third-order valence-electron chi connectivity index (χ3n) is 9.54. The summed E-state index contributed by atoms with van der Waals surface area (Å²) in [5.41, 5.74) is 10.7. The molecule has 31 nitrogen and oxygen atoms in total. The number of anilines is 4. The number of hydrogen-bond acceptors (Lipinski definition) is 27. The molecule has 0 radical (unpaired) electrons. The molecule has 7 unspecified atom stereocenters. The summed E-state index contributed by atoms with van der Waals surface area (Å²) >= 11 is 0. The summed E-state index contributed by atoms with van der Waals surface area (Å²) in [5, 5.41) is 60.2. The van der Waals surface area contributed by atoms with Crippen molar-refractivity contribution in [2.45, 2.75) is 52.9 Å². The molecule has 7 N–H and O–H groups in total. The van der Waals surface area contributed by atoms with Crippen LogP contribution in [0.1, 0.15) is 45.7 Å². The molecule has 0 saturated heterocycles. The maximum atomic E-state index is 14.0. The number of nitrogen functional groups attached to an aromatic ring is 2. The lowest BCUT2D eigenvalue weighted by Crippen LogP contribution is -2.33. The number of nitro groups is 2. The molecule has 0 fully saturated rings. The Balaban J connectivity index is 0. The predicted molar refractivity (Wildman–Crippen MR) is 347 cm³/mol. The fraction of sp³-hybridized carbons (Fsp3) is 0.362. The Labute approximate surface area is 522 Å². The molecule has 0 aliphatic rings. The second kappa shape index (κ2) is 50.3. The van der Waals surface area contributed by atoms with Crippen LogP contribution in [-0.4, -0.2) is 132 Å². The van der Waals surface area contributed by atoms with Gasteiger partial charge in [0, 0.05) is 6.26 Å². The van der Waals surface area contributed by atoms with E-state index in [0.29, 0.717) is 11.1 Å². The third-order valence-corrected chi connectivity index (χ3v) is 40.7. The van der Waals surface area contributed by atoms with Crippen molar-refractivity contribution in [2.75, 3.05) is 86.8 Å². The number of halogens is 2. The predicted octanol–water partition coefficient (Wildman–Crippen LogP) is 10.8. The van der Waals surface area contributed by atoms with Crippen molar-refractivity contribution in [1.82, 2.24) is 24.8 Å². The van der Waals surface area contributed by atoms with Crippen molar-refractivity contribution >= 4 is 115 Å². The molecule has 0 aliphatic heterocycles. The summed E-state index contributed by atoms with van der Waals surface area (Å²) in [7, 11) is 10.7. The Morgan fingerprint density at radius 1 is 0.705 bits per heavy atom. The van der Waals surface area contributed by atoms with Crippen LogP contribution in [0.5, 0.6) is 17.5 Å². The zero-order valence-corrected chi connectivity index (χ0v) is 56.9. The highest BCUT2D eigenvalue weighted by atomic mass is 33.0. The van der Waals surface area contributed by atoms with Crippen LogP contribution in [0.3, 0.4) is 0 Å². The maximum Gasteiger partial charge on any atom is 0.415 e. The molecule has 0 aliphatic carbocycles. The van der Waals surface area contributed by atoms with Crippen molar-refractivity contribution < 1.29 is 96.9 Å². The second-order valence-corrected chi connectivity index (χ2v) is 38.8. The van der Waals surface area contributed by atoms with E-state index in [1.165, 1.54) is 74.5 Å². The number of nitrogens with two attached hydrogens (primary N) is 2. The zero-order chi connectivity index (χ0) is 67.3. The summed E-state index contributed by atoms with van der Waals surface area (Å²) in [5.74, 6) is -3.49. The number of carbonyl (C=O) groups is 2. The van der Waals surface area contributed by atoms with E-state index in [4.69, 9.17) is 50.8 Å². The number of benzene rings is 2. The van der Waals surface area contributed by atoms with Gasteiger partial charge >= 0.3 is 29.6 Å². The molecule has 2 aromatic heterocycles. The molecule has 4 rings (SSSR count). The van der Waals surface area contributed by atoms with E-state index < -0.39 is 79.1 Å².